The fourth-order valence-electron chi connectivity index (χ4n) is 4.68. The quantitative estimate of drug-likeness (QED) is 0.568. The maximum atomic E-state index is 13.2. The number of β-amino-alcohol motifs (C(OH)–C–C–N with tert-alkyl or cyclic N) is 1. The molecule has 4 atom stereocenters. The highest BCUT2D eigenvalue weighted by Crippen LogP contribution is 2.49. The van der Waals surface area contributed by atoms with Crippen molar-refractivity contribution in [3.05, 3.63) is 53.1 Å². The molecule has 2 aromatic carbocycles. The minimum atomic E-state index is -0.473. The molecule has 2 aliphatic rings. The smallest absolute Gasteiger partial charge is 0.242 e. The SMILES string of the molecule is COc1ccc(C2C3C(NNC3c3cc(C)ccc3O)C(=O)N2CCO)cc1OC. The van der Waals surface area contributed by atoms with Gasteiger partial charge in [-0.3, -0.25) is 4.79 Å². The van der Waals surface area contributed by atoms with Crippen molar-refractivity contribution in [3.8, 4) is 17.2 Å². The molecule has 160 valence electrons. The van der Waals surface area contributed by atoms with Gasteiger partial charge in [0.2, 0.25) is 5.91 Å². The number of amides is 1. The second kappa shape index (κ2) is 8.14. The van der Waals surface area contributed by atoms with Crippen molar-refractivity contribution in [1.29, 1.82) is 0 Å². The van der Waals surface area contributed by atoms with Crippen molar-refractivity contribution in [2.75, 3.05) is 27.4 Å². The number of aliphatic hydroxyl groups excluding tert-OH is 1. The molecule has 4 N–H and O–H groups in total. The Morgan fingerprint density at radius 3 is 2.47 bits per heavy atom. The number of hydrogen-bond donors (Lipinski definition) is 4. The van der Waals surface area contributed by atoms with E-state index < -0.39 is 6.04 Å². The largest absolute Gasteiger partial charge is 0.508 e. The molecule has 4 rings (SSSR count). The number of hydrazine groups is 1. The highest BCUT2D eigenvalue weighted by molar-refractivity contribution is 5.86. The lowest BCUT2D eigenvalue weighted by molar-refractivity contribution is -0.131. The van der Waals surface area contributed by atoms with E-state index in [1.54, 1.807) is 25.2 Å². The normalized spacial score (nSPS) is 25.5. The van der Waals surface area contributed by atoms with Crippen molar-refractivity contribution in [1.82, 2.24) is 15.8 Å². The van der Waals surface area contributed by atoms with Crippen LogP contribution in [0.25, 0.3) is 0 Å². The molecule has 0 aliphatic carbocycles. The molecule has 2 aliphatic heterocycles. The zero-order valence-electron chi connectivity index (χ0n) is 17.3. The van der Waals surface area contributed by atoms with Crippen LogP contribution in [-0.2, 0) is 4.79 Å². The Hall–Kier alpha value is -2.81. The maximum absolute atomic E-state index is 13.2. The first-order valence-electron chi connectivity index (χ1n) is 9.94. The van der Waals surface area contributed by atoms with Gasteiger partial charge in [-0.1, -0.05) is 23.8 Å². The molecule has 4 unspecified atom stereocenters. The van der Waals surface area contributed by atoms with Gasteiger partial charge in [-0.25, -0.2) is 10.9 Å². The Kier molecular flexibility index (Phi) is 5.55. The molecule has 1 amide bonds. The minimum Gasteiger partial charge on any atom is -0.508 e. The van der Waals surface area contributed by atoms with Crippen molar-refractivity contribution < 1.29 is 24.5 Å². The molecular formula is C22H27N3O5. The van der Waals surface area contributed by atoms with Crippen molar-refractivity contribution in [3.63, 3.8) is 0 Å². The molecule has 2 fully saturated rings. The van der Waals surface area contributed by atoms with Crippen LogP contribution in [0.3, 0.4) is 0 Å². The number of ether oxygens (including phenoxy) is 2. The molecule has 8 heteroatoms. The molecular weight excluding hydrogens is 386 g/mol. The fraction of sp³-hybridized carbons (Fsp3) is 0.409. The number of phenols is 1. The van der Waals surface area contributed by atoms with Gasteiger partial charge in [-0.05, 0) is 30.7 Å². The van der Waals surface area contributed by atoms with Crippen LogP contribution in [0.1, 0.15) is 28.8 Å². The number of hydrogen-bond acceptors (Lipinski definition) is 7. The zero-order valence-corrected chi connectivity index (χ0v) is 17.3. The van der Waals surface area contributed by atoms with Crippen molar-refractivity contribution in [2.45, 2.75) is 25.0 Å². The summed E-state index contributed by atoms with van der Waals surface area (Å²) >= 11 is 0. The van der Waals surface area contributed by atoms with Gasteiger partial charge in [0.25, 0.3) is 0 Å². The average Bonchev–Trinajstić information content (AvgIpc) is 3.29. The van der Waals surface area contributed by atoms with Crippen molar-refractivity contribution in [2.24, 2.45) is 5.92 Å². The highest BCUT2D eigenvalue weighted by Gasteiger charge is 2.55. The number of carbonyl (C=O) groups excluding carboxylic acids is 1. The zero-order chi connectivity index (χ0) is 21.4. The molecule has 2 heterocycles. The van der Waals surface area contributed by atoms with Crippen molar-refractivity contribution >= 4 is 5.91 Å². The monoisotopic (exact) mass is 413 g/mol. The first kappa shape index (κ1) is 20.5. The molecule has 0 radical (unpaired) electrons. The summed E-state index contributed by atoms with van der Waals surface area (Å²) in [5.74, 6) is 1.07. The van der Waals surface area contributed by atoms with Gasteiger partial charge in [-0.2, -0.15) is 0 Å². The summed E-state index contributed by atoms with van der Waals surface area (Å²) in [6.45, 7) is 2.05. The fourth-order valence-corrected chi connectivity index (χ4v) is 4.68. The number of fused-ring (bicyclic) bond motifs is 1. The van der Waals surface area contributed by atoms with E-state index in [2.05, 4.69) is 10.9 Å². The summed E-state index contributed by atoms with van der Waals surface area (Å²) in [6.07, 6.45) is 0. The van der Waals surface area contributed by atoms with Crippen LogP contribution < -0.4 is 20.3 Å². The van der Waals surface area contributed by atoms with Gasteiger partial charge >= 0.3 is 0 Å². The number of nitrogens with zero attached hydrogens (tertiary/aromatic N) is 1. The highest BCUT2D eigenvalue weighted by atomic mass is 16.5. The second-order valence-electron chi connectivity index (χ2n) is 7.70. The van der Waals surface area contributed by atoms with Crippen LogP contribution in [-0.4, -0.2) is 54.4 Å². The number of rotatable bonds is 6. The molecule has 0 bridgehead atoms. The Bertz CT molecular complexity index is 950. The van der Waals surface area contributed by atoms with Gasteiger partial charge in [0.1, 0.15) is 11.8 Å². The van der Waals surface area contributed by atoms with Crippen LogP contribution in [0.2, 0.25) is 0 Å². The van der Waals surface area contributed by atoms with Crippen LogP contribution in [0, 0.1) is 12.8 Å². The van der Waals surface area contributed by atoms with E-state index in [4.69, 9.17) is 9.47 Å². The summed E-state index contributed by atoms with van der Waals surface area (Å²) in [6, 6.07) is 9.98. The lowest BCUT2D eigenvalue weighted by Gasteiger charge is -2.31. The third-order valence-corrected chi connectivity index (χ3v) is 6.02. The number of carbonyl (C=O) groups is 1. The molecule has 2 saturated heterocycles. The lowest BCUT2D eigenvalue weighted by atomic mass is 9.82. The molecule has 0 saturated carbocycles. The van der Waals surface area contributed by atoms with E-state index >= 15 is 0 Å². The topological polar surface area (TPSA) is 103 Å². The van der Waals surface area contributed by atoms with E-state index in [9.17, 15) is 15.0 Å². The van der Waals surface area contributed by atoms with Gasteiger partial charge in [-0.15, -0.1) is 0 Å². The van der Waals surface area contributed by atoms with Gasteiger partial charge in [0.05, 0.1) is 32.9 Å². The summed E-state index contributed by atoms with van der Waals surface area (Å²) < 4.78 is 10.8. The number of aromatic hydroxyl groups is 1. The predicted octanol–water partition coefficient (Wildman–Crippen LogP) is 1.43. The maximum Gasteiger partial charge on any atom is 0.242 e. The Morgan fingerprint density at radius 1 is 1.03 bits per heavy atom. The lowest BCUT2D eigenvalue weighted by Crippen LogP contribution is -2.42. The second-order valence-corrected chi connectivity index (χ2v) is 7.70. The molecule has 30 heavy (non-hydrogen) atoms. The van der Waals surface area contributed by atoms with Gasteiger partial charge in [0.15, 0.2) is 11.5 Å². The Balaban J connectivity index is 1.81. The van der Waals surface area contributed by atoms with Gasteiger partial charge in [0, 0.05) is 18.0 Å². The van der Waals surface area contributed by atoms with E-state index in [-0.39, 0.29) is 42.8 Å². The minimum absolute atomic E-state index is 0.0871. The summed E-state index contributed by atoms with van der Waals surface area (Å²) in [4.78, 5) is 14.9. The Labute approximate surface area is 175 Å². The number of nitrogens with one attached hydrogen (secondary N) is 2. The number of benzene rings is 2. The predicted molar refractivity (Wildman–Crippen MR) is 110 cm³/mol. The van der Waals surface area contributed by atoms with Crippen LogP contribution in [0.5, 0.6) is 17.2 Å². The molecule has 2 aromatic rings. The first-order valence-corrected chi connectivity index (χ1v) is 9.94. The number of methoxy groups -OCH3 is 2. The molecule has 0 spiro atoms. The third-order valence-electron chi connectivity index (χ3n) is 6.02. The summed E-state index contributed by atoms with van der Waals surface area (Å²) in [5.41, 5.74) is 8.96. The first-order chi connectivity index (χ1) is 14.5. The van der Waals surface area contributed by atoms with Crippen LogP contribution in [0.4, 0.5) is 0 Å². The number of aryl methyl sites for hydroxylation is 1. The molecule has 8 nitrogen and oxygen atoms in total. The number of phenolic OH excluding ortho intramolecular Hbond substituents is 1. The van der Waals surface area contributed by atoms with E-state index in [0.29, 0.717) is 11.5 Å². The van der Waals surface area contributed by atoms with Gasteiger partial charge < -0.3 is 24.6 Å². The third kappa shape index (κ3) is 3.27. The standard InChI is InChI=1S/C22H27N3O5/c1-12-4-6-15(27)14(10-12)19-18-20(24-23-19)22(28)25(8-9-26)21(18)13-5-7-16(29-2)17(11-13)30-3/h4-7,10-11,18-21,23-24,26-27H,8-9H2,1-3H3. The average molecular weight is 413 g/mol. The number of likely N-dealkylation sites (tertiary alicyclic amines) is 1. The van der Waals surface area contributed by atoms with Crippen LogP contribution >= 0.6 is 0 Å². The molecule has 0 aromatic heterocycles. The van der Waals surface area contributed by atoms with E-state index in [0.717, 1.165) is 16.7 Å². The van der Waals surface area contributed by atoms with E-state index in [1.807, 2.05) is 37.3 Å². The van der Waals surface area contributed by atoms with E-state index in [1.165, 1.54) is 0 Å². The summed E-state index contributed by atoms with van der Waals surface area (Å²) in [5, 5.41) is 20.1. The number of aliphatic hydroxyl groups is 1. The Morgan fingerprint density at radius 2 is 1.77 bits per heavy atom. The van der Waals surface area contributed by atoms with Crippen LogP contribution in [0.15, 0.2) is 36.4 Å². The summed E-state index contributed by atoms with van der Waals surface area (Å²) in [7, 11) is 3.15.